The molecule has 0 saturated carbocycles. The Morgan fingerprint density at radius 2 is 1.97 bits per heavy atom. The Balaban J connectivity index is 1.30. The van der Waals surface area contributed by atoms with E-state index in [2.05, 4.69) is 31.2 Å². The number of halogens is 1. The average Bonchev–Trinajstić information content (AvgIpc) is 3.15. The molecule has 6 nitrogen and oxygen atoms in total. The molecule has 1 aliphatic heterocycles. The number of benzene rings is 2. The quantitative estimate of drug-likeness (QED) is 0.544. The van der Waals surface area contributed by atoms with Crippen molar-refractivity contribution < 1.29 is 9.18 Å². The molecular weight excluding hydrogens is 381 g/mol. The number of carbonyl (C=O) groups excluding carboxylic acids is 1. The minimum Gasteiger partial charge on any atom is -0.341 e. The topological polar surface area (TPSA) is 73.9 Å². The Hall–Kier alpha value is -3.58. The summed E-state index contributed by atoms with van der Waals surface area (Å²) in [6.45, 7) is 2.34. The number of pyridine rings is 1. The van der Waals surface area contributed by atoms with Crippen molar-refractivity contribution >= 4 is 22.6 Å². The Bertz CT molecular complexity index is 1220. The third-order valence-corrected chi connectivity index (χ3v) is 5.36. The zero-order valence-electron chi connectivity index (χ0n) is 16.2. The minimum absolute atomic E-state index is 0.153. The smallest absolute Gasteiger partial charge is 0.255 e. The lowest BCUT2D eigenvalue weighted by Crippen LogP contribution is -2.30. The second-order valence-electron chi connectivity index (χ2n) is 7.48. The number of aromatic nitrogens is 3. The van der Waals surface area contributed by atoms with Gasteiger partial charge in [0.1, 0.15) is 11.6 Å². The number of rotatable bonds is 4. The maximum Gasteiger partial charge on any atom is 0.255 e. The van der Waals surface area contributed by atoms with Crippen LogP contribution in [0.1, 0.15) is 27.3 Å². The summed E-state index contributed by atoms with van der Waals surface area (Å²) in [4.78, 5) is 26.4. The van der Waals surface area contributed by atoms with Crippen LogP contribution < -0.4 is 5.32 Å². The van der Waals surface area contributed by atoms with Crippen LogP contribution in [-0.4, -0.2) is 32.3 Å². The van der Waals surface area contributed by atoms with Gasteiger partial charge < -0.3 is 10.3 Å². The van der Waals surface area contributed by atoms with E-state index in [-0.39, 0.29) is 11.7 Å². The van der Waals surface area contributed by atoms with Gasteiger partial charge in [-0.05, 0) is 60.0 Å². The molecule has 2 aromatic heterocycles. The molecule has 150 valence electrons. The number of hydrogen-bond donors (Lipinski definition) is 2. The van der Waals surface area contributed by atoms with E-state index in [1.807, 2.05) is 12.1 Å². The molecule has 0 saturated heterocycles. The maximum atomic E-state index is 13.4. The molecule has 0 radical (unpaired) electrons. The zero-order chi connectivity index (χ0) is 20.5. The Morgan fingerprint density at radius 3 is 2.83 bits per heavy atom. The predicted molar refractivity (Wildman–Crippen MR) is 113 cm³/mol. The highest BCUT2D eigenvalue weighted by molar-refractivity contribution is 6.04. The van der Waals surface area contributed by atoms with Crippen molar-refractivity contribution in [2.24, 2.45) is 0 Å². The van der Waals surface area contributed by atoms with Crippen LogP contribution in [0.25, 0.3) is 11.0 Å². The summed E-state index contributed by atoms with van der Waals surface area (Å²) < 4.78 is 13.4. The summed E-state index contributed by atoms with van der Waals surface area (Å²) in [6, 6.07) is 14.0. The van der Waals surface area contributed by atoms with Crippen molar-refractivity contribution in [3.63, 3.8) is 0 Å². The zero-order valence-corrected chi connectivity index (χ0v) is 16.2. The normalized spacial score (nSPS) is 13.9. The monoisotopic (exact) mass is 401 g/mol. The first-order valence-corrected chi connectivity index (χ1v) is 9.84. The standard InChI is InChI=1S/C23H20FN5O/c24-18-2-4-20-21(12-18)28-22(27-20)14-29-10-7-15-1-3-19(11-17(15)13-29)26-23(30)16-5-8-25-9-6-16/h1-6,8-9,11-12H,7,10,13-14H2,(H,26,30)(H,27,28). The van der Waals surface area contributed by atoms with Crippen LogP contribution in [0.15, 0.2) is 60.9 Å². The van der Waals surface area contributed by atoms with E-state index in [1.54, 1.807) is 30.6 Å². The lowest BCUT2D eigenvalue weighted by Gasteiger charge is -2.28. The summed E-state index contributed by atoms with van der Waals surface area (Å²) in [6.07, 6.45) is 4.14. The average molecular weight is 401 g/mol. The van der Waals surface area contributed by atoms with Crippen LogP contribution in [0.3, 0.4) is 0 Å². The van der Waals surface area contributed by atoms with E-state index in [0.29, 0.717) is 17.6 Å². The fourth-order valence-electron chi connectivity index (χ4n) is 3.86. The van der Waals surface area contributed by atoms with Crippen LogP contribution in [0.2, 0.25) is 0 Å². The van der Waals surface area contributed by atoms with Gasteiger partial charge in [-0.1, -0.05) is 6.07 Å². The van der Waals surface area contributed by atoms with Gasteiger partial charge in [0.15, 0.2) is 0 Å². The Kier molecular flexibility index (Phi) is 4.72. The van der Waals surface area contributed by atoms with E-state index in [1.165, 1.54) is 23.3 Å². The number of amides is 1. The molecule has 0 unspecified atom stereocenters. The van der Waals surface area contributed by atoms with Crippen LogP contribution in [0.4, 0.5) is 10.1 Å². The van der Waals surface area contributed by atoms with Crippen LogP contribution in [0, 0.1) is 5.82 Å². The number of aromatic amines is 1. The van der Waals surface area contributed by atoms with Gasteiger partial charge in [0.05, 0.1) is 17.6 Å². The molecular formula is C23H20FN5O. The number of anilines is 1. The molecule has 4 aromatic rings. The minimum atomic E-state index is -0.272. The van der Waals surface area contributed by atoms with Gasteiger partial charge in [-0.15, -0.1) is 0 Å². The number of fused-ring (bicyclic) bond motifs is 2. The van der Waals surface area contributed by atoms with Gasteiger partial charge in [-0.2, -0.15) is 0 Å². The van der Waals surface area contributed by atoms with Gasteiger partial charge in [0, 0.05) is 36.7 Å². The lowest BCUT2D eigenvalue weighted by atomic mass is 9.99. The largest absolute Gasteiger partial charge is 0.341 e. The van der Waals surface area contributed by atoms with Crippen LogP contribution >= 0.6 is 0 Å². The third-order valence-electron chi connectivity index (χ3n) is 5.36. The molecule has 30 heavy (non-hydrogen) atoms. The number of H-pyrrole nitrogens is 1. The summed E-state index contributed by atoms with van der Waals surface area (Å²) in [7, 11) is 0. The summed E-state index contributed by atoms with van der Waals surface area (Å²) in [5.74, 6) is 0.395. The number of hydrogen-bond acceptors (Lipinski definition) is 4. The lowest BCUT2D eigenvalue weighted by molar-refractivity contribution is 0.102. The van der Waals surface area contributed by atoms with E-state index in [9.17, 15) is 9.18 Å². The second kappa shape index (κ2) is 7.68. The molecule has 2 aromatic carbocycles. The van der Waals surface area contributed by atoms with Crippen molar-refractivity contribution in [2.75, 3.05) is 11.9 Å². The van der Waals surface area contributed by atoms with Crippen molar-refractivity contribution in [1.29, 1.82) is 0 Å². The van der Waals surface area contributed by atoms with Gasteiger partial charge in [0.25, 0.3) is 5.91 Å². The molecule has 2 N–H and O–H groups in total. The Morgan fingerprint density at radius 1 is 1.10 bits per heavy atom. The highest BCUT2D eigenvalue weighted by Gasteiger charge is 2.18. The highest BCUT2D eigenvalue weighted by atomic mass is 19.1. The van der Waals surface area contributed by atoms with E-state index in [4.69, 9.17) is 0 Å². The first kappa shape index (κ1) is 18.4. The van der Waals surface area contributed by atoms with Crippen molar-refractivity contribution in [3.8, 4) is 0 Å². The predicted octanol–water partition coefficient (Wildman–Crippen LogP) is 3.91. The van der Waals surface area contributed by atoms with Gasteiger partial charge >= 0.3 is 0 Å². The second-order valence-corrected chi connectivity index (χ2v) is 7.48. The van der Waals surface area contributed by atoms with Crippen molar-refractivity contribution in [3.05, 3.63) is 89.3 Å². The third kappa shape index (κ3) is 3.79. The van der Waals surface area contributed by atoms with Crippen molar-refractivity contribution in [1.82, 2.24) is 19.9 Å². The summed E-state index contributed by atoms with van der Waals surface area (Å²) in [5.41, 5.74) is 5.31. The summed E-state index contributed by atoms with van der Waals surface area (Å²) in [5, 5.41) is 2.96. The van der Waals surface area contributed by atoms with E-state index >= 15 is 0 Å². The molecule has 0 atom stereocenters. The molecule has 1 amide bonds. The Labute approximate surface area is 172 Å². The van der Waals surface area contributed by atoms with Crippen LogP contribution in [0.5, 0.6) is 0 Å². The fraction of sp³-hybridized carbons (Fsp3) is 0.174. The molecule has 5 rings (SSSR count). The molecule has 0 spiro atoms. The summed E-state index contributed by atoms with van der Waals surface area (Å²) >= 11 is 0. The first-order valence-electron chi connectivity index (χ1n) is 9.84. The molecule has 7 heteroatoms. The van der Waals surface area contributed by atoms with E-state index < -0.39 is 0 Å². The number of imidazole rings is 1. The van der Waals surface area contributed by atoms with Gasteiger partial charge in [-0.25, -0.2) is 9.37 Å². The number of carbonyl (C=O) groups is 1. The van der Waals surface area contributed by atoms with Gasteiger partial charge in [0.2, 0.25) is 0 Å². The highest BCUT2D eigenvalue weighted by Crippen LogP contribution is 2.24. The molecule has 0 aliphatic carbocycles. The van der Waals surface area contributed by atoms with Crippen LogP contribution in [-0.2, 0) is 19.5 Å². The molecule has 0 fully saturated rings. The van der Waals surface area contributed by atoms with Gasteiger partial charge in [-0.3, -0.25) is 14.7 Å². The molecule has 0 bridgehead atoms. The SMILES string of the molecule is O=C(Nc1ccc2c(c1)CN(Cc1nc3ccc(F)cc3[nH]1)CC2)c1ccncc1. The number of nitrogens with one attached hydrogen (secondary N) is 2. The molecule has 1 aliphatic rings. The van der Waals surface area contributed by atoms with E-state index in [0.717, 1.165) is 36.5 Å². The molecule has 3 heterocycles. The van der Waals surface area contributed by atoms with Crippen molar-refractivity contribution in [2.45, 2.75) is 19.5 Å². The maximum absolute atomic E-state index is 13.4. The number of nitrogens with zero attached hydrogens (tertiary/aromatic N) is 3. The fourth-order valence-corrected chi connectivity index (χ4v) is 3.86. The first-order chi connectivity index (χ1) is 14.6.